The maximum Gasteiger partial charge on any atom is 0.407 e. The summed E-state index contributed by atoms with van der Waals surface area (Å²) in [5, 5.41) is 2.86. The van der Waals surface area contributed by atoms with Crippen molar-refractivity contribution in [1.82, 2.24) is 5.32 Å². The molecule has 128 valence electrons. The molecule has 0 aromatic heterocycles. The molecule has 0 saturated carbocycles. The van der Waals surface area contributed by atoms with E-state index in [4.69, 9.17) is 16.2 Å². The molecule has 0 unspecified atom stereocenters. The molecule has 0 radical (unpaired) electrons. The van der Waals surface area contributed by atoms with Gasteiger partial charge in [-0.2, -0.15) is 0 Å². The Morgan fingerprint density at radius 1 is 1.26 bits per heavy atom. The molecule has 0 spiro atoms. The second-order valence-electron chi connectivity index (χ2n) is 7.10. The zero-order chi connectivity index (χ0) is 17.0. The lowest BCUT2D eigenvalue weighted by molar-refractivity contribution is 0.0517. The first-order chi connectivity index (χ1) is 10.8. The highest BCUT2D eigenvalue weighted by Crippen LogP contribution is 2.33. The van der Waals surface area contributed by atoms with Crippen LogP contribution in [0.1, 0.15) is 33.6 Å². The molecular formula is C17H28N4O2. The van der Waals surface area contributed by atoms with E-state index in [1.807, 2.05) is 39.0 Å². The van der Waals surface area contributed by atoms with E-state index in [0.717, 1.165) is 43.0 Å². The number of hydrogen-bond donors (Lipinski definition) is 3. The number of nitrogens with zero attached hydrogens (tertiary/aromatic N) is 1. The summed E-state index contributed by atoms with van der Waals surface area (Å²) in [5.41, 5.74) is 14.0. The van der Waals surface area contributed by atoms with E-state index in [0.29, 0.717) is 12.5 Å². The summed E-state index contributed by atoms with van der Waals surface area (Å²) in [6.07, 6.45) is 1.63. The van der Waals surface area contributed by atoms with Crippen LogP contribution in [0.2, 0.25) is 0 Å². The first-order valence-electron chi connectivity index (χ1n) is 8.12. The van der Waals surface area contributed by atoms with Crippen molar-refractivity contribution in [1.29, 1.82) is 0 Å². The van der Waals surface area contributed by atoms with Crippen molar-refractivity contribution in [3.8, 4) is 0 Å². The molecule has 0 atom stereocenters. The van der Waals surface area contributed by atoms with Gasteiger partial charge in [-0.05, 0) is 51.7 Å². The summed E-state index contributed by atoms with van der Waals surface area (Å²) in [7, 11) is 0. The maximum atomic E-state index is 11.7. The summed E-state index contributed by atoms with van der Waals surface area (Å²) < 4.78 is 5.26. The number of nitrogens with one attached hydrogen (secondary N) is 1. The van der Waals surface area contributed by atoms with Gasteiger partial charge in [0, 0.05) is 19.6 Å². The van der Waals surface area contributed by atoms with Crippen LogP contribution < -0.4 is 21.7 Å². The largest absolute Gasteiger partial charge is 0.444 e. The van der Waals surface area contributed by atoms with Gasteiger partial charge in [0.25, 0.3) is 0 Å². The molecule has 1 saturated heterocycles. The van der Waals surface area contributed by atoms with Gasteiger partial charge in [-0.15, -0.1) is 0 Å². The monoisotopic (exact) mass is 320 g/mol. The Bertz CT molecular complexity index is 526. The third-order valence-corrected chi connectivity index (χ3v) is 3.96. The average Bonchev–Trinajstić information content (AvgIpc) is 2.44. The van der Waals surface area contributed by atoms with E-state index in [2.05, 4.69) is 10.2 Å². The van der Waals surface area contributed by atoms with Crippen molar-refractivity contribution in [2.45, 2.75) is 39.2 Å². The number of anilines is 3. The molecule has 1 aromatic carbocycles. The Hall–Kier alpha value is -2.11. The van der Waals surface area contributed by atoms with E-state index in [1.165, 1.54) is 0 Å². The molecule has 0 bridgehead atoms. The number of para-hydroxylation sites is 1. The number of hydrogen-bond acceptors (Lipinski definition) is 5. The van der Waals surface area contributed by atoms with Gasteiger partial charge in [0.05, 0.1) is 17.1 Å². The topological polar surface area (TPSA) is 93.6 Å². The fourth-order valence-corrected chi connectivity index (χ4v) is 2.85. The highest BCUT2D eigenvalue weighted by Gasteiger charge is 2.23. The molecule has 0 aliphatic carbocycles. The minimum absolute atomic E-state index is 0.350. The number of rotatable bonds is 3. The van der Waals surface area contributed by atoms with Crippen molar-refractivity contribution in [3.63, 3.8) is 0 Å². The molecule has 2 rings (SSSR count). The fraction of sp³-hybridized carbons (Fsp3) is 0.588. The number of alkyl carbamates (subject to hydrolysis) is 1. The highest BCUT2D eigenvalue weighted by molar-refractivity contribution is 5.80. The molecule has 5 N–H and O–H groups in total. The molecule has 1 heterocycles. The van der Waals surface area contributed by atoms with E-state index in [1.54, 1.807) is 0 Å². The predicted molar refractivity (Wildman–Crippen MR) is 94.4 cm³/mol. The Balaban J connectivity index is 1.81. The van der Waals surface area contributed by atoms with Crippen LogP contribution in [0.3, 0.4) is 0 Å². The average molecular weight is 320 g/mol. The van der Waals surface area contributed by atoms with Crippen molar-refractivity contribution >= 4 is 23.2 Å². The molecule has 6 nitrogen and oxygen atoms in total. The number of ether oxygens (including phenoxy) is 1. The minimum atomic E-state index is -0.462. The summed E-state index contributed by atoms with van der Waals surface area (Å²) in [4.78, 5) is 13.9. The van der Waals surface area contributed by atoms with E-state index in [9.17, 15) is 4.79 Å². The molecule has 1 fully saturated rings. The summed E-state index contributed by atoms with van der Waals surface area (Å²) >= 11 is 0. The third-order valence-electron chi connectivity index (χ3n) is 3.96. The van der Waals surface area contributed by atoms with E-state index >= 15 is 0 Å². The Labute approximate surface area is 138 Å². The number of amides is 1. The van der Waals surface area contributed by atoms with Crippen molar-refractivity contribution < 1.29 is 9.53 Å². The normalized spacial score (nSPS) is 16.2. The first-order valence-corrected chi connectivity index (χ1v) is 8.12. The van der Waals surface area contributed by atoms with Crippen molar-refractivity contribution in [2.24, 2.45) is 5.92 Å². The van der Waals surface area contributed by atoms with Crippen LogP contribution in [0.4, 0.5) is 21.9 Å². The van der Waals surface area contributed by atoms with Crippen LogP contribution in [-0.2, 0) is 4.74 Å². The second-order valence-corrected chi connectivity index (χ2v) is 7.10. The molecule has 1 aliphatic heterocycles. The number of benzene rings is 1. The van der Waals surface area contributed by atoms with Gasteiger partial charge in [0.15, 0.2) is 0 Å². The van der Waals surface area contributed by atoms with Crippen LogP contribution in [0.5, 0.6) is 0 Å². The Morgan fingerprint density at radius 3 is 2.35 bits per heavy atom. The van der Waals surface area contributed by atoms with Crippen molar-refractivity contribution in [3.05, 3.63) is 18.2 Å². The lowest BCUT2D eigenvalue weighted by atomic mass is 9.96. The van der Waals surface area contributed by atoms with Gasteiger partial charge in [0.1, 0.15) is 5.60 Å². The van der Waals surface area contributed by atoms with E-state index < -0.39 is 5.60 Å². The summed E-state index contributed by atoms with van der Waals surface area (Å²) in [5.74, 6) is 0.449. The highest BCUT2D eigenvalue weighted by atomic mass is 16.6. The molecule has 1 aliphatic rings. The number of carbonyl (C=O) groups is 1. The molecule has 23 heavy (non-hydrogen) atoms. The van der Waals surface area contributed by atoms with Gasteiger partial charge in [-0.3, -0.25) is 0 Å². The lowest BCUT2D eigenvalue weighted by Crippen LogP contribution is -2.40. The van der Waals surface area contributed by atoms with Crippen LogP contribution in [0.15, 0.2) is 18.2 Å². The Morgan fingerprint density at radius 2 is 1.83 bits per heavy atom. The number of piperidine rings is 1. The van der Waals surface area contributed by atoms with Gasteiger partial charge in [-0.1, -0.05) is 6.07 Å². The van der Waals surface area contributed by atoms with Crippen LogP contribution in [0, 0.1) is 5.92 Å². The fourth-order valence-electron chi connectivity index (χ4n) is 2.85. The molecule has 1 aromatic rings. The number of nitrogen functional groups attached to an aromatic ring is 2. The van der Waals surface area contributed by atoms with Gasteiger partial charge in [0.2, 0.25) is 0 Å². The molecular weight excluding hydrogens is 292 g/mol. The van der Waals surface area contributed by atoms with E-state index in [-0.39, 0.29) is 6.09 Å². The second kappa shape index (κ2) is 6.98. The quantitative estimate of drug-likeness (QED) is 0.744. The van der Waals surface area contributed by atoms with Gasteiger partial charge < -0.3 is 26.4 Å². The predicted octanol–water partition coefficient (Wildman–Crippen LogP) is 2.59. The number of nitrogens with two attached hydrogens (primary N) is 2. The zero-order valence-corrected chi connectivity index (χ0v) is 14.3. The number of carbonyl (C=O) groups excluding carboxylic acids is 1. The summed E-state index contributed by atoms with van der Waals surface area (Å²) in [6.45, 7) is 8.00. The minimum Gasteiger partial charge on any atom is -0.444 e. The van der Waals surface area contributed by atoms with Crippen LogP contribution in [-0.4, -0.2) is 31.3 Å². The molecule has 1 amide bonds. The lowest BCUT2D eigenvalue weighted by Gasteiger charge is -2.35. The van der Waals surface area contributed by atoms with Gasteiger partial charge >= 0.3 is 6.09 Å². The van der Waals surface area contributed by atoms with Gasteiger partial charge in [-0.25, -0.2) is 4.79 Å². The van der Waals surface area contributed by atoms with Crippen molar-refractivity contribution in [2.75, 3.05) is 36.0 Å². The van der Waals surface area contributed by atoms with Crippen LogP contribution in [0.25, 0.3) is 0 Å². The Kier molecular flexibility index (Phi) is 5.23. The zero-order valence-electron chi connectivity index (χ0n) is 14.3. The smallest absolute Gasteiger partial charge is 0.407 e. The van der Waals surface area contributed by atoms with Crippen LogP contribution >= 0.6 is 0 Å². The SMILES string of the molecule is CC(C)(C)OC(=O)NCC1CCN(c2c(N)cccc2N)CC1. The molecule has 6 heteroatoms. The standard InChI is InChI=1S/C17H28N4O2/c1-17(2,3)23-16(22)20-11-12-7-9-21(10-8-12)15-13(18)5-4-6-14(15)19/h4-6,12H,7-11,18-19H2,1-3H3,(H,20,22). The summed E-state index contributed by atoms with van der Waals surface area (Å²) in [6, 6.07) is 5.62. The maximum absolute atomic E-state index is 11.7. The third kappa shape index (κ3) is 4.94. The first kappa shape index (κ1) is 17.2.